The smallest absolute Gasteiger partial charge is 0.336 e. The van der Waals surface area contributed by atoms with E-state index in [4.69, 9.17) is 16.3 Å². The number of ether oxygens (including phenoxy) is 1. The molecule has 0 fully saturated rings. The van der Waals surface area contributed by atoms with Gasteiger partial charge in [0.15, 0.2) is 0 Å². The number of amides is 2. The molecule has 0 bridgehead atoms. The summed E-state index contributed by atoms with van der Waals surface area (Å²) < 4.78 is 6.08. The van der Waals surface area contributed by atoms with Crippen LogP contribution in [0.25, 0.3) is 6.08 Å². The molecule has 0 saturated carbocycles. The Morgan fingerprint density at radius 1 is 0.929 bits per heavy atom. The second-order valence-corrected chi connectivity index (χ2v) is 9.83. The highest BCUT2D eigenvalue weighted by molar-refractivity contribution is 9.10. The van der Waals surface area contributed by atoms with Gasteiger partial charge in [-0.25, -0.2) is 10.2 Å². The number of hydrogen-bond donors (Lipinski definition) is 2. The predicted octanol–water partition coefficient (Wildman–Crippen LogP) is 6.65. The standard InChI is InChI=1S/C30H20BrClN4O6/c31-22-12-13-27(42-28(37)14-11-19-5-3-8-24(15-19)36(40)41)21(16-22)18-33-35-29(38)20-6-4-7-23(17-20)34-30(39)25-9-1-2-10-26(25)32/h1-18H,(H,34,39)(H,35,38)/b14-11+,33-18?. The summed E-state index contributed by atoms with van der Waals surface area (Å²) in [5.74, 6) is -1.53. The number of rotatable bonds is 9. The van der Waals surface area contributed by atoms with Gasteiger partial charge in [-0.3, -0.25) is 19.7 Å². The predicted molar refractivity (Wildman–Crippen MR) is 163 cm³/mol. The monoisotopic (exact) mass is 646 g/mol. The van der Waals surface area contributed by atoms with E-state index in [-0.39, 0.29) is 17.0 Å². The number of anilines is 1. The lowest BCUT2D eigenvalue weighted by Crippen LogP contribution is -2.18. The van der Waals surface area contributed by atoms with Crippen LogP contribution < -0.4 is 15.5 Å². The molecule has 0 heterocycles. The lowest BCUT2D eigenvalue weighted by atomic mass is 10.1. The first-order valence-electron chi connectivity index (χ1n) is 12.1. The highest BCUT2D eigenvalue weighted by Gasteiger charge is 2.12. The van der Waals surface area contributed by atoms with Crippen molar-refractivity contribution >= 4 is 69.0 Å². The average Bonchev–Trinajstić information content (AvgIpc) is 2.98. The van der Waals surface area contributed by atoms with Gasteiger partial charge in [0, 0.05) is 39.5 Å². The van der Waals surface area contributed by atoms with Crippen molar-refractivity contribution in [3.63, 3.8) is 0 Å². The molecule has 4 aromatic rings. The minimum Gasteiger partial charge on any atom is -0.423 e. The van der Waals surface area contributed by atoms with Crippen LogP contribution in [0.3, 0.4) is 0 Å². The summed E-state index contributed by atoms with van der Waals surface area (Å²) >= 11 is 9.43. The molecule has 0 unspecified atom stereocenters. The SMILES string of the molecule is O=C(/C=C/c1cccc([N+](=O)[O-])c1)Oc1ccc(Br)cc1C=NNC(=O)c1cccc(NC(=O)c2ccccc2Cl)c1. The summed E-state index contributed by atoms with van der Waals surface area (Å²) in [6.45, 7) is 0. The maximum atomic E-state index is 12.7. The van der Waals surface area contributed by atoms with Crippen molar-refractivity contribution in [1.29, 1.82) is 0 Å². The Kier molecular flexibility index (Phi) is 9.93. The Hall–Kier alpha value is -5.13. The first-order valence-corrected chi connectivity index (χ1v) is 13.3. The van der Waals surface area contributed by atoms with Crippen LogP contribution in [-0.2, 0) is 4.79 Å². The molecule has 0 aliphatic heterocycles. The summed E-state index contributed by atoms with van der Waals surface area (Å²) in [5.41, 5.74) is 4.04. The Bertz CT molecular complexity index is 1740. The van der Waals surface area contributed by atoms with Gasteiger partial charge in [0.25, 0.3) is 17.5 Å². The highest BCUT2D eigenvalue weighted by atomic mass is 79.9. The van der Waals surface area contributed by atoms with E-state index in [1.807, 2.05) is 0 Å². The number of nitro groups is 1. The number of nitro benzene ring substituents is 1. The van der Waals surface area contributed by atoms with Crippen molar-refractivity contribution in [3.8, 4) is 5.75 Å². The van der Waals surface area contributed by atoms with Crippen LogP contribution in [-0.4, -0.2) is 28.9 Å². The van der Waals surface area contributed by atoms with Gasteiger partial charge < -0.3 is 10.1 Å². The molecule has 0 aliphatic carbocycles. The lowest BCUT2D eigenvalue weighted by molar-refractivity contribution is -0.384. The Morgan fingerprint density at radius 3 is 2.50 bits per heavy atom. The van der Waals surface area contributed by atoms with Gasteiger partial charge in [0.1, 0.15) is 5.75 Å². The molecule has 0 saturated heterocycles. The van der Waals surface area contributed by atoms with Gasteiger partial charge in [-0.15, -0.1) is 0 Å². The van der Waals surface area contributed by atoms with Gasteiger partial charge in [-0.1, -0.05) is 57.9 Å². The van der Waals surface area contributed by atoms with Crippen molar-refractivity contribution in [3.05, 3.63) is 139 Å². The van der Waals surface area contributed by atoms with E-state index in [0.717, 1.165) is 6.08 Å². The molecular weight excluding hydrogens is 628 g/mol. The largest absolute Gasteiger partial charge is 0.423 e. The first kappa shape index (κ1) is 29.8. The molecule has 4 rings (SSSR count). The summed E-state index contributed by atoms with van der Waals surface area (Å²) in [6, 6.07) is 23.5. The van der Waals surface area contributed by atoms with Crippen LogP contribution in [0.1, 0.15) is 31.8 Å². The number of hydrazone groups is 1. The van der Waals surface area contributed by atoms with E-state index in [2.05, 4.69) is 31.8 Å². The molecule has 0 spiro atoms. The molecule has 4 aromatic carbocycles. The quantitative estimate of drug-likeness (QED) is 0.0521. The van der Waals surface area contributed by atoms with Crippen LogP contribution >= 0.6 is 27.5 Å². The molecule has 210 valence electrons. The van der Waals surface area contributed by atoms with Crippen molar-refractivity contribution < 1.29 is 24.0 Å². The summed E-state index contributed by atoms with van der Waals surface area (Å²) in [4.78, 5) is 48.1. The van der Waals surface area contributed by atoms with Gasteiger partial charge in [-0.05, 0) is 60.2 Å². The van der Waals surface area contributed by atoms with Crippen LogP contribution in [0.15, 0.2) is 107 Å². The van der Waals surface area contributed by atoms with Gasteiger partial charge in [0.2, 0.25) is 0 Å². The third-order valence-electron chi connectivity index (χ3n) is 5.55. The van der Waals surface area contributed by atoms with Crippen molar-refractivity contribution in [2.24, 2.45) is 5.10 Å². The average molecular weight is 648 g/mol. The summed E-state index contributed by atoms with van der Waals surface area (Å²) in [7, 11) is 0. The number of nitrogens with one attached hydrogen (secondary N) is 2. The van der Waals surface area contributed by atoms with Crippen LogP contribution in [0.2, 0.25) is 5.02 Å². The number of nitrogens with zero attached hydrogens (tertiary/aromatic N) is 2. The van der Waals surface area contributed by atoms with Gasteiger partial charge in [-0.2, -0.15) is 5.10 Å². The molecule has 12 heteroatoms. The normalized spacial score (nSPS) is 10.9. The Balaban J connectivity index is 1.40. The highest BCUT2D eigenvalue weighted by Crippen LogP contribution is 2.23. The van der Waals surface area contributed by atoms with Gasteiger partial charge >= 0.3 is 5.97 Å². The maximum Gasteiger partial charge on any atom is 0.336 e. The van der Waals surface area contributed by atoms with Crippen LogP contribution in [0.4, 0.5) is 11.4 Å². The fourth-order valence-electron chi connectivity index (χ4n) is 3.57. The first-order chi connectivity index (χ1) is 20.2. The second-order valence-electron chi connectivity index (χ2n) is 8.50. The third kappa shape index (κ3) is 8.19. The van der Waals surface area contributed by atoms with E-state index in [0.29, 0.717) is 31.9 Å². The zero-order chi connectivity index (χ0) is 30.1. The topological polar surface area (TPSA) is 140 Å². The number of carbonyl (C=O) groups excluding carboxylic acids is 3. The minimum atomic E-state index is -0.724. The molecule has 0 aromatic heterocycles. The molecule has 0 radical (unpaired) electrons. The zero-order valence-electron chi connectivity index (χ0n) is 21.5. The van der Waals surface area contributed by atoms with Crippen molar-refractivity contribution in [1.82, 2.24) is 5.43 Å². The fraction of sp³-hybridized carbons (Fsp3) is 0. The van der Waals surface area contributed by atoms with Gasteiger partial charge in [0.05, 0.1) is 21.7 Å². The van der Waals surface area contributed by atoms with Crippen molar-refractivity contribution in [2.75, 3.05) is 5.32 Å². The number of esters is 1. The molecule has 0 atom stereocenters. The zero-order valence-corrected chi connectivity index (χ0v) is 23.8. The summed E-state index contributed by atoms with van der Waals surface area (Å²) in [5, 5.41) is 17.9. The number of hydrogen-bond acceptors (Lipinski definition) is 7. The molecular formula is C30H20BrClN4O6. The fourth-order valence-corrected chi connectivity index (χ4v) is 4.17. The molecule has 10 nitrogen and oxygen atoms in total. The lowest BCUT2D eigenvalue weighted by Gasteiger charge is -2.08. The van der Waals surface area contributed by atoms with E-state index >= 15 is 0 Å². The van der Waals surface area contributed by atoms with Crippen LogP contribution in [0, 0.1) is 10.1 Å². The Morgan fingerprint density at radius 2 is 1.71 bits per heavy atom. The number of halogens is 2. The molecule has 42 heavy (non-hydrogen) atoms. The van der Waals surface area contributed by atoms with E-state index in [1.165, 1.54) is 42.6 Å². The van der Waals surface area contributed by atoms with Crippen molar-refractivity contribution in [2.45, 2.75) is 0 Å². The maximum absolute atomic E-state index is 12.7. The number of carbonyl (C=O) groups is 3. The molecule has 2 amide bonds. The number of benzene rings is 4. The van der Waals surface area contributed by atoms with E-state index < -0.39 is 22.7 Å². The Labute approximate surface area is 252 Å². The molecule has 2 N–H and O–H groups in total. The summed E-state index contributed by atoms with van der Waals surface area (Å²) in [6.07, 6.45) is 3.84. The third-order valence-corrected chi connectivity index (χ3v) is 6.37. The second kappa shape index (κ2) is 14.0. The van der Waals surface area contributed by atoms with Crippen LogP contribution in [0.5, 0.6) is 5.75 Å². The number of non-ortho nitro benzene ring substituents is 1. The minimum absolute atomic E-state index is 0.104. The van der Waals surface area contributed by atoms with E-state index in [1.54, 1.807) is 60.7 Å². The van der Waals surface area contributed by atoms with E-state index in [9.17, 15) is 24.5 Å². The molecule has 0 aliphatic rings.